The Morgan fingerprint density at radius 3 is 2.71 bits per heavy atom. The standard InChI is InChI=1S/C23H23N5O4S2/c1-2-10-28-22(17-6-5-7-18(15-17)34(29,30)27-11-13-31-14-12-27)25-26-23(28)33-16-21-24-19-8-3-4-9-20(19)32-21/h2-9,15H,1,10-14,16H2. The number of hydrogen-bond acceptors (Lipinski definition) is 8. The van der Waals surface area contributed by atoms with Crippen LogP contribution >= 0.6 is 11.8 Å². The van der Waals surface area contributed by atoms with Gasteiger partial charge in [-0.25, -0.2) is 13.4 Å². The molecule has 9 nitrogen and oxygen atoms in total. The van der Waals surface area contributed by atoms with Crippen molar-refractivity contribution in [3.05, 3.63) is 67.1 Å². The van der Waals surface area contributed by atoms with E-state index in [0.717, 1.165) is 11.1 Å². The molecule has 2 aromatic heterocycles. The van der Waals surface area contributed by atoms with Gasteiger partial charge in [0.05, 0.1) is 23.9 Å². The van der Waals surface area contributed by atoms with Gasteiger partial charge in [-0.05, 0) is 24.3 Å². The van der Waals surface area contributed by atoms with Crippen molar-refractivity contribution >= 4 is 32.9 Å². The van der Waals surface area contributed by atoms with Crippen LogP contribution in [0.25, 0.3) is 22.5 Å². The van der Waals surface area contributed by atoms with Gasteiger partial charge in [0, 0.05) is 25.2 Å². The maximum absolute atomic E-state index is 13.1. The highest BCUT2D eigenvalue weighted by molar-refractivity contribution is 7.98. The summed E-state index contributed by atoms with van der Waals surface area (Å²) in [5.74, 6) is 1.65. The largest absolute Gasteiger partial charge is 0.440 e. The Morgan fingerprint density at radius 1 is 1.09 bits per heavy atom. The second kappa shape index (κ2) is 9.71. The molecule has 1 aliphatic rings. The third-order valence-electron chi connectivity index (χ3n) is 5.39. The highest BCUT2D eigenvalue weighted by Gasteiger charge is 2.27. The van der Waals surface area contributed by atoms with Gasteiger partial charge in [0.25, 0.3) is 0 Å². The summed E-state index contributed by atoms with van der Waals surface area (Å²) in [7, 11) is -3.62. The van der Waals surface area contributed by atoms with Crippen LogP contribution in [-0.2, 0) is 27.1 Å². The summed E-state index contributed by atoms with van der Waals surface area (Å²) < 4.78 is 40.7. The number of para-hydroxylation sites is 2. The van der Waals surface area contributed by atoms with E-state index in [1.807, 2.05) is 34.9 Å². The van der Waals surface area contributed by atoms with Crippen molar-refractivity contribution in [1.82, 2.24) is 24.1 Å². The van der Waals surface area contributed by atoms with Gasteiger partial charge < -0.3 is 9.15 Å². The molecule has 0 unspecified atom stereocenters. The smallest absolute Gasteiger partial charge is 0.243 e. The van der Waals surface area contributed by atoms with Gasteiger partial charge in [-0.3, -0.25) is 4.57 Å². The highest BCUT2D eigenvalue weighted by Crippen LogP contribution is 2.29. The van der Waals surface area contributed by atoms with E-state index < -0.39 is 10.0 Å². The van der Waals surface area contributed by atoms with Gasteiger partial charge in [-0.15, -0.1) is 16.8 Å². The van der Waals surface area contributed by atoms with E-state index in [9.17, 15) is 8.42 Å². The molecule has 5 rings (SSSR count). The molecular formula is C23H23N5O4S2. The lowest BCUT2D eigenvalue weighted by Gasteiger charge is -2.26. The Kier molecular flexibility index (Phi) is 6.50. The number of allylic oxidation sites excluding steroid dienone is 1. The van der Waals surface area contributed by atoms with Gasteiger partial charge in [-0.1, -0.05) is 42.1 Å². The predicted molar refractivity (Wildman–Crippen MR) is 129 cm³/mol. The Labute approximate surface area is 201 Å². The number of morpholine rings is 1. The first-order valence-electron chi connectivity index (χ1n) is 10.8. The van der Waals surface area contributed by atoms with Gasteiger partial charge in [0.1, 0.15) is 5.52 Å². The van der Waals surface area contributed by atoms with Gasteiger partial charge >= 0.3 is 0 Å². The third-order valence-corrected chi connectivity index (χ3v) is 8.24. The maximum Gasteiger partial charge on any atom is 0.243 e. The molecule has 0 saturated carbocycles. The number of rotatable bonds is 8. The monoisotopic (exact) mass is 497 g/mol. The van der Waals surface area contributed by atoms with E-state index in [-0.39, 0.29) is 4.90 Å². The summed E-state index contributed by atoms with van der Waals surface area (Å²) in [4.78, 5) is 4.73. The lowest BCUT2D eigenvalue weighted by molar-refractivity contribution is 0.0730. The van der Waals surface area contributed by atoms with E-state index in [2.05, 4.69) is 21.8 Å². The van der Waals surface area contributed by atoms with Crippen molar-refractivity contribution < 1.29 is 17.6 Å². The molecule has 11 heteroatoms. The molecular weight excluding hydrogens is 474 g/mol. The highest BCUT2D eigenvalue weighted by atomic mass is 32.2. The minimum Gasteiger partial charge on any atom is -0.440 e. The Morgan fingerprint density at radius 2 is 1.91 bits per heavy atom. The molecule has 0 atom stereocenters. The number of fused-ring (bicyclic) bond motifs is 1. The summed E-state index contributed by atoms with van der Waals surface area (Å²) in [6.45, 7) is 5.79. The van der Waals surface area contributed by atoms with Crippen molar-refractivity contribution in [2.45, 2.75) is 22.3 Å². The number of oxazole rings is 1. The van der Waals surface area contributed by atoms with Crippen molar-refractivity contribution in [1.29, 1.82) is 0 Å². The van der Waals surface area contributed by atoms with E-state index in [1.54, 1.807) is 24.3 Å². The average Bonchev–Trinajstić information content (AvgIpc) is 3.47. The van der Waals surface area contributed by atoms with Crippen LogP contribution in [0.15, 0.2) is 75.7 Å². The molecule has 1 fully saturated rings. The number of aromatic nitrogens is 4. The van der Waals surface area contributed by atoms with Gasteiger partial charge in [-0.2, -0.15) is 4.31 Å². The molecule has 0 spiro atoms. The second-order valence-corrected chi connectivity index (χ2v) is 10.5. The fourth-order valence-electron chi connectivity index (χ4n) is 3.74. The zero-order valence-electron chi connectivity index (χ0n) is 18.3. The predicted octanol–water partition coefficient (Wildman–Crippen LogP) is 3.59. The molecule has 0 bridgehead atoms. The summed E-state index contributed by atoms with van der Waals surface area (Å²) in [6.07, 6.45) is 1.75. The minimum atomic E-state index is -3.62. The topological polar surface area (TPSA) is 103 Å². The number of nitrogens with zero attached hydrogens (tertiary/aromatic N) is 5. The van der Waals surface area contributed by atoms with E-state index in [0.29, 0.717) is 61.0 Å². The summed E-state index contributed by atoms with van der Waals surface area (Å²) in [5.41, 5.74) is 2.21. The quantitative estimate of drug-likeness (QED) is 0.269. The molecule has 1 aliphatic heterocycles. The van der Waals surface area contributed by atoms with Crippen LogP contribution in [0.2, 0.25) is 0 Å². The second-order valence-electron chi connectivity index (χ2n) is 7.61. The summed E-state index contributed by atoms with van der Waals surface area (Å²) in [5, 5.41) is 9.37. The van der Waals surface area contributed by atoms with Gasteiger partial charge in [0.15, 0.2) is 16.6 Å². The van der Waals surface area contributed by atoms with Crippen molar-refractivity contribution in [2.24, 2.45) is 0 Å². The van der Waals surface area contributed by atoms with Crippen LogP contribution in [0.5, 0.6) is 0 Å². The fourth-order valence-corrected chi connectivity index (χ4v) is 5.99. The summed E-state index contributed by atoms with van der Waals surface area (Å²) >= 11 is 1.45. The maximum atomic E-state index is 13.1. The number of ether oxygens (including phenoxy) is 1. The zero-order chi connectivity index (χ0) is 23.5. The van der Waals surface area contributed by atoms with Crippen molar-refractivity contribution in [3.63, 3.8) is 0 Å². The molecule has 0 aliphatic carbocycles. The minimum absolute atomic E-state index is 0.223. The van der Waals surface area contributed by atoms with Crippen LogP contribution < -0.4 is 0 Å². The number of benzene rings is 2. The van der Waals surface area contributed by atoms with E-state index in [1.165, 1.54) is 16.1 Å². The van der Waals surface area contributed by atoms with Crippen LogP contribution in [0, 0.1) is 0 Å². The first-order valence-corrected chi connectivity index (χ1v) is 13.2. The Bertz CT molecular complexity index is 1390. The molecule has 176 valence electrons. The molecule has 0 radical (unpaired) electrons. The molecule has 3 heterocycles. The first kappa shape index (κ1) is 22.8. The third kappa shape index (κ3) is 4.51. The molecule has 34 heavy (non-hydrogen) atoms. The van der Waals surface area contributed by atoms with Crippen molar-refractivity contribution in [3.8, 4) is 11.4 Å². The molecule has 2 aromatic carbocycles. The number of thioether (sulfide) groups is 1. The van der Waals surface area contributed by atoms with Crippen LogP contribution in [-0.4, -0.2) is 58.8 Å². The molecule has 4 aromatic rings. The SMILES string of the molecule is C=CCn1c(SCc2nc3ccccc3o2)nnc1-c1cccc(S(=O)(=O)N2CCOCC2)c1. The Hall–Kier alpha value is -2.99. The van der Waals surface area contributed by atoms with Crippen LogP contribution in [0.4, 0.5) is 0 Å². The molecule has 0 N–H and O–H groups in total. The van der Waals surface area contributed by atoms with E-state index >= 15 is 0 Å². The van der Waals surface area contributed by atoms with E-state index in [4.69, 9.17) is 9.15 Å². The van der Waals surface area contributed by atoms with Crippen LogP contribution in [0.3, 0.4) is 0 Å². The first-order chi connectivity index (χ1) is 16.6. The number of hydrogen-bond donors (Lipinski definition) is 0. The molecule has 0 amide bonds. The van der Waals surface area contributed by atoms with Crippen LogP contribution in [0.1, 0.15) is 5.89 Å². The lowest BCUT2D eigenvalue weighted by atomic mass is 10.2. The fraction of sp³-hybridized carbons (Fsp3) is 0.261. The normalized spacial score (nSPS) is 15.1. The van der Waals surface area contributed by atoms with Gasteiger partial charge in [0.2, 0.25) is 15.9 Å². The Balaban J connectivity index is 1.41. The lowest BCUT2D eigenvalue weighted by Crippen LogP contribution is -2.40. The zero-order valence-corrected chi connectivity index (χ0v) is 20.0. The average molecular weight is 498 g/mol. The molecule has 1 saturated heterocycles. The summed E-state index contributed by atoms with van der Waals surface area (Å²) in [6, 6.07) is 14.4. The van der Waals surface area contributed by atoms with Crippen molar-refractivity contribution in [2.75, 3.05) is 26.3 Å². The number of sulfonamides is 1.